The fourth-order valence-corrected chi connectivity index (χ4v) is 5.88. The van der Waals surface area contributed by atoms with Crippen LogP contribution in [0.3, 0.4) is 0 Å². The average Bonchev–Trinajstić information content (AvgIpc) is 3.42. The molecular formula is C39H49ClN2O13. The lowest BCUT2D eigenvalue weighted by Crippen LogP contribution is -2.40. The zero-order valence-electron chi connectivity index (χ0n) is 30.8. The molecule has 3 rings (SSSR count). The van der Waals surface area contributed by atoms with Gasteiger partial charge in [0, 0.05) is 30.2 Å². The molecule has 0 aliphatic heterocycles. The normalized spacial score (nSPS) is 19.3. The number of hydrogen-bond donors (Lipinski definition) is 4. The first-order valence-electron chi connectivity index (χ1n) is 17.9. The van der Waals surface area contributed by atoms with Crippen LogP contribution in [0.1, 0.15) is 57.4 Å². The van der Waals surface area contributed by atoms with E-state index in [-0.39, 0.29) is 74.7 Å². The third-order valence-corrected chi connectivity index (χ3v) is 8.77. The van der Waals surface area contributed by atoms with Gasteiger partial charge in [0.25, 0.3) is 5.09 Å². The molecular weight excluding hydrogens is 740 g/mol. The summed E-state index contributed by atoms with van der Waals surface area (Å²) in [5.74, 6) is -1.19. The number of aliphatic hydroxyl groups excluding tert-OH is 3. The summed E-state index contributed by atoms with van der Waals surface area (Å²) >= 11 is 5.96. The molecule has 0 aromatic heterocycles. The number of amides is 1. The van der Waals surface area contributed by atoms with Crippen molar-refractivity contribution in [2.45, 2.75) is 76.2 Å². The van der Waals surface area contributed by atoms with Crippen molar-refractivity contribution in [2.75, 3.05) is 26.9 Å². The van der Waals surface area contributed by atoms with Crippen molar-refractivity contribution in [3.63, 3.8) is 0 Å². The lowest BCUT2D eigenvalue weighted by molar-refractivity contribution is -0.757. The van der Waals surface area contributed by atoms with E-state index in [1.807, 2.05) is 12.2 Å². The molecule has 0 bridgehead atoms. The Bertz CT molecular complexity index is 1650. The van der Waals surface area contributed by atoms with E-state index in [0.29, 0.717) is 35.6 Å². The van der Waals surface area contributed by atoms with Crippen LogP contribution in [-0.4, -0.2) is 89.5 Å². The van der Waals surface area contributed by atoms with Gasteiger partial charge in [-0.05, 0) is 80.5 Å². The van der Waals surface area contributed by atoms with E-state index in [4.69, 9.17) is 30.5 Å². The first-order valence-corrected chi connectivity index (χ1v) is 18.3. The Morgan fingerprint density at radius 3 is 2.60 bits per heavy atom. The van der Waals surface area contributed by atoms with Crippen LogP contribution >= 0.6 is 11.6 Å². The minimum absolute atomic E-state index is 0.00416. The van der Waals surface area contributed by atoms with Crippen molar-refractivity contribution in [1.29, 1.82) is 0 Å². The number of benzene rings is 2. The number of rotatable bonds is 23. The van der Waals surface area contributed by atoms with Gasteiger partial charge in [-0.3, -0.25) is 9.59 Å². The molecule has 1 unspecified atom stereocenters. The smallest absolute Gasteiger partial charge is 0.333 e. The van der Waals surface area contributed by atoms with Gasteiger partial charge in [0.1, 0.15) is 31.1 Å². The Balaban J connectivity index is 1.36. The van der Waals surface area contributed by atoms with E-state index in [9.17, 15) is 39.8 Å². The molecule has 1 amide bonds. The first-order chi connectivity index (χ1) is 26.4. The fourth-order valence-electron chi connectivity index (χ4n) is 5.70. The molecule has 0 spiro atoms. The van der Waals surface area contributed by atoms with E-state index in [2.05, 4.69) is 10.2 Å². The highest BCUT2D eigenvalue weighted by atomic mass is 35.5. The topological polar surface area (TPSA) is 213 Å². The number of carbonyl (C=O) groups is 3. The standard InChI is InChI=1S/C39H49ClN2O13/c1-26(39(48)55-35-19-16-27(22-36(35)51-2)10-8-20-52-38(47)15-9-21-54-42(49)50)41-37(46)14-6-4-3-5-13-31-32(34(45)24-33(31)44)18-17-29(43)25-53-30-12-7-11-28(40)23-30/h3,5,7-8,10-12,16-19,22-23,26,29,31-34,43-45H,4,6,9,13-15,20-21,24-25H2,1-2H3,(H,41,46)/t26?,29-,31-,32-,33+,34-/m1/s1. The SMILES string of the molecule is COc1cc(C=CCOC(=O)CCCO[N+](=O)[O-])ccc1OC(=O)C(C)NC(=O)CCCC=CC[C@@H]1[C@@H](C=C[C@@H](O)COc2cccc(Cl)c2)[C@H](O)C[C@@H]1O. The maximum atomic E-state index is 12.7. The monoisotopic (exact) mass is 788 g/mol. The molecule has 16 heteroatoms. The van der Waals surface area contributed by atoms with Crippen molar-refractivity contribution in [2.24, 2.45) is 11.8 Å². The summed E-state index contributed by atoms with van der Waals surface area (Å²) in [4.78, 5) is 51.2. The van der Waals surface area contributed by atoms with E-state index in [0.717, 1.165) is 0 Å². The number of aliphatic hydroxyl groups is 3. The van der Waals surface area contributed by atoms with Gasteiger partial charge in [0.05, 0.1) is 25.9 Å². The molecule has 0 heterocycles. The van der Waals surface area contributed by atoms with Gasteiger partial charge in [0.15, 0.2) is 11.5 Å². The highest BCUT2D eigenvalue weighted by molar-refractivity contribution is 6.30. The summed E-state index contributed by atoms with van der Waals surface area (Å²) in [6, 6.07) is 10.7. The predicted octanol–water partition coefficient (Wildman–Crippen LogP) is 4.77. The van der Waals surface area contributed by atoms with Crippen molar-refractivity contribution in [3.8, 4) is 17.2 Å². The maximum Gasteiger partial charge on any atom is 0.333 e. The highest BCUT2D eigenvalue weighted by Gasteiger charge is 2.39. The van der Waals surface area contributed by atoms with Crippen molar-refractivity contribution >= 4 is 35.5 Å². The summed E-state index contributed by atoms with van der Waals surface area (Å²) in [6.07, 6.45) is 10.1. The summed E-state index contributed by atoms with van der Waals surface area (Å²) in [7, 11) is 1.41. The zero-order valence-corrected chi connectivity index (χ0v) is 31.5. The number of carbonyl (C=O) groups excluding carboxylic acids is 3. The molecule has 15 nitrogen and oxygen atoms in total. The Morgan fingerprint density at radius 1 is 1.05 bits per heavy atom. The number of halogens is 1. The first kappa shape index (κ1) is 44.4. The van der Waals surface area contributed by atoms with Gasteiger partial charge < -0.3 is 44.4 Å². The predicted molar refractivity (Wildman–Crippen MR) is 202 cm³/mol. The molecule has 2 aromatic rings. The fraction of sp³-hybridized carbons (Fsp3) is 0.462. The molecule has 4 N–H and O–H groups in total. The second kappa shape index (κ2) is 23.7. The molecule has 1 aliphatic carbocycles. The minimum Gasteiger partial charge on any atom is -0.493 e. The van der Waals surface area contributed by atoms with Gasteiger partial charge >= 0.3 is 11.9 Å². The number of ether oxygens (including phenoxy) is 4. The Labute approximate surface area is 324 Å². The van der Waals surface area contributed by atoms with E-state index < -0.39 is 41.4 Å². The lowest BCUT2D eigenvalue weighted by atomic mass is 9.89. The molecule has 300 valence electrons. The molecule has 1 aliphatic rings. The number of methoxy groups -OCH3 is 1. The lowest BCUT2D eigenvalue weighted by Gasteiger charge is -2.19. The quantitative estimate of drug-likeness (QED) is 0.0299. The van der Waals surface area contributed by atoms with Gasteiger partial charge in [-0.1, -0.05) is 54.1 Å². The van der Waals surface area contributed by atoms with Crippen LogP contribution in [0.5, 0.6) is 17.2 Å². The van der Waals surface area contributed by atoms with Crippen LogP contribution < -0.4 is 19.5 Å². The zero-order chi connectivity index (χ0) is 40.2. The number of allylic oxidation sites excluding steroid dienone is 2. The van der Waals surface area contributed by atoms with Crippen LogP contribution in [-0.2, 0) is 24.0 Å². The molecule has 6 atom stereocenters. The Hall–Kier alpha value is -4.96. The molecule has 0 radical (unpaired) electrons. The van der Waals surface area contributed by atoms with Crippen LogP contribution in [0.2, 0.25) is 5.02 Å². The minimum atomic E-state index is -0.935. The summed E-state index contributed by atoms with van der Waals surface area (Å²) in [6.45, 7) is 1.30. The van der Waals surface area contributed by atoms with Crippen LogP contribution in [0, 0.1) is 22.0 Å². The number of esters is 2. The molecule has 0 saturated heterocycles. The van der Waals surface area contributed by atoms with E-state index >= 15 is 0 Å². The number of nitrogens with zero attached hydrogens (tertiary/aromatic N) is 1. The Kier molecular flexibility index (Phi) is 19.2. The second-order valence-corrected chi connectivity index (χ2v) is 13.2. The van der Waals surface area contributed by atoms with Crippen molar-refractivity contribution < 1.29 is 58.6 Å². The second-order valence-electron chi connectivity index (χ2n) is 12.8. The van der Waals surface area contributed by atoms with Gasteiger partial charge in [-0.2, -0.15) is 0 Å². The van der Waals surface area contributed by atoms with Crippen LogP contribution in [0.15, 0.2) is 72.8 Å². The number of nitrogens with one attached hydrogen (secondary N) is 1. The number of unbranched alkanes of at least 4 members (excludes halogenated alkanes) is 1. The van der Waals surface area contributed by atoms with E-state index in [1.165, 1.54) is 20.1 Å². The largest absolute Gasteiger partial charge is 0.493 e. The van der Waals surface area contributed by atoms with E-state index in [1.54, 1.807) is 60.7 Å². The van der Waals surface area contributed by atoms with Crippen LogP contribution in [0.4, 0.5) is 0 Å². The summed E-state index contributed by atoms with van der Waals surface area (Å²) in [5, 5.41) is 43.8. The molecule has 55 heavy (non-hydrogen) atoms. The third kappa shape index (κ3) is 16.5. The molecule has 2 aromatic carbocycles. The maximum absolute atomic E-state index is 12.7. The molecule has 1 saturated carbocycles. The Morgan fingerprint density at radius 2 is 1.85 bits per heavy atom. The van der Waals surface area contributed by atoms with Gasteiger partial charge in [-0.25, -0.2) is 4.79 Å². The molecule has 1 fully saturated rings. The van der Waals surface area contributed by atoms with Crippen LogP contribution in [0.25, 0.3) is 6.08 Å². The average molecular weight is 789 g/mol. The van der Waals surface area contributed by atoms with Gasteiger partial charge in [-0.15, -0.1) is 10.1 Å². The summed E-state index contributed by atoms with van der Waals surface area (Å²) < 4.78 is 21.4. The number of hydrogen-bond acceptors (Lipinski definition) is 13. The van der Waals surface area contributed by atoms with Gasteiger partial charge in [0.2, 0.25) is 5.91 Å². The van der Waals surface area contributed by atoms with Crippen molar-refractivity contribution in [3.05, 3.63) is 93.5 Å². The summed E-state index contributed by atoms with van der Waals surface area (Å²) in [5.41, 5.74) is 0.670. The van der Waals surface area contributed by atoms with Crippen molar-refractivity contribution in [1.82, 2.24) is 5.32 Å². The highest BCUT2D eigenvalue weighted by Crippen LogP contribution is 2.36. The third-order valence-electron chi connectivity index (χ3n) is 8.54.